The third-order valence-electron chi connectivity index (χ3n) is 7.05. The van der Waals surface area contributed by atoms with Gasteiger partial charge in [0.05, 0.1) is 0 Å². The van der Waals surface area contributed by atoms with Gasteiger partial charge in [-0.3, -0.25) is 0 Å². The van der Waals surface area contributed by atoms with Crippen LogP contribution in [0.2, 0.25) is 0 Å². The molecule has 0 saturated heterocycles. The van der Waals surface area contributed by atoms with Gasteiger partial charge in [-0.05, 0) is 79.7 Å². The number of halogens is 1. The van der Waals surface area contributed by atoms with Crippen molar-refractivity contribution >= 4 is 0 Å². The SMILES string of the molecule is CCCC1CCC(CCC2CCC(C=CC#Cc3ccc(F)cc3)CC2)CC1. The summed E-state index contributed by atoms with van der Waals surface area (Å²) in [6.45, 7) is 2.33. The lowest BCUT2D eigenvalue weighted by Gasteiger charge is -2.31. The molecule has 0 nitrogen and oxygen atoms in total. The van der Waals surface area contributed by atoms with Crippen LogP contribution in [-0.2, 0) is 0 Å². The van der Waals surface area contributed by atoms with E-state index in [1.165, 1.54) is 89.2 Å². The predicted octanol–water partition coefficient (Wildman–Crippen LogP) is 7.93. The molecular formula is C27H37F. The van der Waals surface area contributed by atoms with Gasteiger partial charge in [0.2, 0.25) is 0 Å². The van der Waals surface area contributed by atoms with Crippen molar-refractivity contribution in [1.82, 2.24) is 0 Å². The molecule has 1 heteroatoms. The van der Waals surface area contributed by atoms with Gasteiger partial charge >= 0.3 is 0 Å². The molecule has 2 fully saturated rings. The van der Waals surface area contributed by atoms with E-state index in [9.17, 15) is 4.39 Å². The highest BCUT2D eigenvalue weighted by Crippen LogP contribution is 2.37. The Labute approximate surface area is 172 Å². The maximum absolute atomic E-state index is 12.9. The lowest BCUT2D eigenvalue weighted by Crippen LogP contribution is -2.17. The van der Waals surface area contributed by atoms with E-state index in [-0.39, 0.29) is 5.82 Å². The van der Waals surface area contributed by atoms with Gasteiger partial charge in [0.25, 0.3) is 0 Å². The van der Waals surface area contributed by atoms with Crippen molar-refractivity contribution in [3.05, 3.63) is 47.8 Å². The minimum absolute atomic E-state index is 0.206. The fourth-order valence-corrected chi connectivity index (χ4v) is 5.20. The van der Waals surface area contributed by atoms with Gasteiger partial charge in [-0.2, -0.15) is 0 Å². The molecule has 0 radical (unpaired) electrons. The normalized spacial score (nSPS) is 28.1. The molecule has 2 saturated carbocycles. The predicted molar refractivity (Wildman–Crippen MR) is 117 cm³/mol. The zero-order valence-corrected chi connectivity index (χ0v) is 17.6. The molecule has 0 heterocycles. The summed E-state index contributed by atoms with van der Waals surface area (Å²) in [4.78, 5) is 0. The van der Waals surface area contributed by atoms with Crippen molar-refractivity contribution in [3.8, 4) is 11.8 Å². The van der Waals surface area contributed by atoms with Crippen LogP contribution in [0.1, 0.15) is 89.5 Å². The molecule has 2 aliphatic carbocycles. The van der Waals surface area contributed by atoms with Gasteiger partial charge in [-0.25, -0.2) is 4.39 Å². The van der Waals surface area contributed by atoms with Crippen LogP contribution in [0.5, 0.6) is 0 Å². The first kappa shape index (κ1) is 21.2. The highest BCUT2D eigenvalue weighted by Gasteiger charge is 2.23. The van der Waals surface area contributed by atoms with Gasteiger partial charge in [0, 0.05) is 5.56 Å². The van der Waals surface area contributed by atoms with Crippen LogP contribution in [0.15, 0.2) is 36.4 Å². The highest BCUT2D eigenvalue weighted by molar-refractivity contribution is 5.36. The zero-order valence-electron chi connectivity index (χ0n) is 17.6. The largest absolute Gasteiger partial charge is 0.207 e. The third kappa shape index (κ3) is 7.12. The second-order valence-electron chi connectivity index (χ2n) is 9.17. The first-order valence-corrected chi connectivity index (χ1v) is 11.7. The average Bonchev–Trinajstić information content (AvgIpc) is 2.73. The van der Waals surface area contributed by atoms with Crippen molar-refractivity contribution in [3.63, 3.8) is 0 Å². The Bertz CT molecular complexity index is 644. The summed E-state index contributed by atoms with van der Waals surface area (Å²) in [6.07, 6.45) is 21.5. The second-order valence-corrected chi connectivity index (χ2v) is 9.17. The smallest absolute Gasteiger partial charge is 0.123 e. The molecule has 152 valence electrons. The Kier molecular flexibility index (Phi) is 8.66. The Balaban J connectivity index is 1.31. The molecule has 0 aromatic heterocycles. The van der Waals surface area contributed by atoms with E-state index < -0.39 is 0 Å². The minimum atomic E-state index is -0.206. The van der Waals surface area contributed by atoms with Gasteiger partial charge in [0.1, 0.15) is 5.82 Å². The number of benzene rings is 1. The molecule has 0 atom stereocenters. The van der Waals surface area contributed by atoms with E-state index in [2.05, 4.69) is 24.8 Å². The van der Waals surface area contributed by atoms with E-state index in [1.54, 1.807) is 12.1 Å². The number of hydrogen-bond acceptors (Lipinski definition) is 0. The van der Waals surface area contributed by atoms with Gasteiger partial charge in [0.15, 0.2) is 0 Å². The number of hydrogen-bond donors (Lipinski definition) is 0. The number of rotatable bonds is 6. The molecule has 1 aromatic carbocycles. The maximum atomic E-state index is 12.9. The molecule has 3 rings (SSSR count). The summed E-state index contributed by atoms with van der Waals surface area (Å²) in [7, 11) is 0. The fraction of sp³-hybridized carbons (Fsp3) is 0.630. The molecule has 0 amide bonds. The molecule has 0 unspecified atom stereocenters. The summed E-state index contributed by atoms with van der Waals surface area (Å²) in [6, 6.07) is 6.40. The van der Waals surface area contributed by atoms with E-state index >= 15 is 0 Å². The zero-order chi connectivity index (χ0) is 19.6. The van der Waals surface area contributed by atoms with Crippen molar-refractivity contribution in [2.75, 3.05) is 0 Å². The molecule has 0 spiro atoms. The van der Waals surface area contributed by atoms with Gasteiger partial charge in [-0.1, -0.05) is 76.2 Å². The molecule has 0 aliphatic heterocycles. The van der Waals surface area contributed by atoms with Crippen molar-refractivity contribution in [2.24, 2.45) is 23.7 Å². The van der Waals surface area contributed by atoms with E-state index in [0.717, 1.165) is 23.3 Å². The third-order valence-corrected chi connectivity index (χ3v) is 7.05. The Morgan fingerprint density at radius 1 is 0.821 bits per heavy atom. The van der Waals surface area contributed by atoms with Crippen molar-refractivity contribution in [2.45, 2.75) is 84.0 Å². The first-order chi connectivity index (χ1) is 13.7. The maximum Gasteiger partial charge on any atom is 0.123 e. The second kappa shape index (κ2) is 11.5. The summed E-state index contributed by atoms with van der Waals surface area (Å²) in [5.74, 6) is 9.70. The first-order valence-electron chi connectivity index (χ1n) is 11.7. The molecule has 0 N–H and O–H groups in total. The van der Waals surface area contributed by atoms with Crippen LogP contribution in [0.4, 0.5) is 4.39 Å². The Hall–Kier alpha value is -1.55. The number of allylic oxidation sites excluding steroid dienone is 2. The molecular weight excluding hydrogens is 343 g/mol. The highest BCUT2D eigenvalue weighted by atomic mass is 19.1. The van der Waals surface area contributed by atoms with Gasteiger partial charge < -0.3 is 0 Å². The lowest BCUT2D eigenvalue weighted by atomic mass is 9.75. The van der Waals surface area contributed by atoms with Crippen LogP contribution >= 0.6 is 0 Å². The molecule has 28 heavy (non-hydrogen) atoms. The monoisotopic (exact) mass is 380 g/mol. The molecule has 1 aromatic rings. The van der Waals surface area contributed by atoms with Gasteiger partial charge in [-0.15, -0.1) is 0 Å². The quantitative estimate of drug-likeness (QED) is 0.440. The standard InChI is InChI=1S/C27H37F/c1-2-5-22-8-12-25(13-9-22)16-17-26-14-10-23(11-15-26)6-3-4-7-24-18-20-27(28)21-19-24/h3,6,18-23,25-26H,2,5,8-17H2,1H3. The molecule has 0 bridgehead atoms. The summed E-state index contributed by atoms with van der Waals surface area (Å²) < 4.78 is 12.9. The fourth-order valence-electron chi connectivity index (χ4n) is 5.20. The molecule has 2 aliphatic rings. The van der Waals surface area contributed by atoms with Crippen LogP contribution in [-0.4, -0.2) is 0 Å². The van der Waals surface area contributed by atoms with Crippen LogP contribution in [0.3, 0.4) is 0 Å². The van der Waals surface area contributed by atoms with Crippen LogP contribution in [0, 0.1) is 41.3 Å². The van der Waals surface area contributed by atoms with Crippen molar-refractivity contribution < 1.29 is 4.39 Å². The average molecular weight is 381 g/mol. The lowest BCUT2D eigenvalue weighted by molar-refractivity contribution is 0.221. The van der Waals surface area contributed by atoms with E-state index in [0.29, 0.717) is 5.92 Å². The van der Waals surface area contributed by atoms with E-state index in [4.69, 9.17) is 0 Å². The van der Waals surface area contributed by atoms with Crippen molar-refractivity contribution in [1.29, 1.82) is 0 Å². The van der Waals surface area contributed by atoms with Crippen LogP contribution in [0.25, 0.3) is 0 Å². The topological polar surface area (TPSA) is 0 Å². The van der Waals surface area contributed by atoms with Crippen LogP contribution < -0.4 is 0 Å². The van der Waals surface area contributed by atoms with E-state index in [1.807, 2.05) is 6.08 Å². The summed E-state index contributed by atoms with van der Waals surface area (Å²) in [5, 5.41) is 0. The summed E-state index contributed by atoms with van der Waals surface area (Å²) >= 11 is 0. The summed E-state index contributed by atoms with van der Waals surface area (Å²) in [5.41, 5.74) is 0.874. The minimum Gasteiger partial charge on any atom is -0.207 e. The Morgan fingerprint density at radius 3 is 1.93 bits per heavy atom. The Morgan fingerprint density at radius 2 is 1.36 bits per heavy atom.